The van der Waals surface area contributed by atoms with Crippen LogP contribution in [0.3, 0.4) is 0 Å². The van der Waals surface area contributed by atoms with Crippen molar-refractivity contribution in [3.05, 3.63) is 36.4 Å². The third kappa shape index (κ3) is 3.37. The Morgan fingerprint density at radius 2 is 2.06 bits per heavy atom. The summed E-state index contributed by atoms with van der Waals surface area (Å²) >= 11 is 1.74. The van der Waals surface area contributed by atoms with Gasteiger partial charge in [0.1, 0.15) is 0 Å². The maximum absolute atomic E-state index is 5.74. The number of nitrogens with zero attached hydrogens (tertiary/aromatic N) is 1. The number of benzene rings is 1. The van der Waals surface area contributed by atoms with E-state index in [4.69, 9.17) is 4.42 Å². The predicted molar refractivity (Wildman–Crippen MR) is 76.0 cm³/mol. The van der Waals surface area contributed by atoms with Crippen LogP contribution >= 0.6 is 11.8 Å². The molecule has 1 aromatic heterocycles. The Morgan fingerprint density at radius 3 is 2.72 bits per heavy atom. The lowest BCUT2D eigenvalue weighted by Gasteiger charge is -1.99. The summed E-state index contributed by atoms with van der Waals surface area (Å²) in [6.07, 6.45) is 5.80. The quantitative estimate of drug-likeness (QED) is 0.641. The van der Waals surface area contributed by atoms with Crippen LogP contribution in [0.2, 0.25) is 0 Å². The zero-order valence-corrected chi connectivity index (χ0v) is 11.6. The second-order valence-corrected chi connectivity index (χ2v) is 4.93. The number of nitrogens with one attached hydrogen (secondary N) is 1. The minimum Gasteiger partial charge on any atom is -0.441 e. The Hall–Kier alpha value is -1.26. The van der Waals surface area contributed by atoms with Crippen molar-refractivity contribution in [1.29, 1.82) is 0 Å². The van der Waals surface area contributed by atoms with Crippen molar-refractivity contribution in [3.8, 4) is 11.3 Å². The predicted octanol–water partition coefficient (Wildman–Crippen LogP) is 3.22. The van der Waals surface area contributed by atoms with Gasteiger partial charge in [0.05, 0.1) is 6.20 Å². The van der Waals surface area contributed by atoms with E-state index in [9.17, 15) is 0 Å². The molecular formula is C14H18N2OS. The lowest BCUT2D eigenvalue weighted by molar-refractivity contribution is 0.495. The normalized spacial score (nSPS) is 10.8. The number of hydrogen-bond donors (Lipinski definition) is 1. The summed E-state index contributed by atoms with van der Waals surface area (Å²) in [5.41, 5.74) is 1.08. The van der Waals surface area contributed by atoms with Crippen LogP contribution in [0, 0.1) is 0 Å². The van der Waals surface area contributed by atoms with Gasteiger partial charge in [-0.1, -0.05) is 12.1 Å². The molecule has 0 aliphatic carbocycles. The number of hydrogen-bond acceptors (Lipinski definition) is 4. The van der Waals surface area contributed by atoms with Gasteiger partial charge in [0, 0.05) is 16.9 Å². The van der Waals surface area contributed by atoms with E-state index < -0.39 is 0 Å². The molecule has 96 valence electrons. The highest BCUT2D eigenvalue weighted by Gasteiger charge is 2.06. The molecule has 0 aliphatic heterocycles. The van der Waals surface area contributed by atoms with Gasteiger partial charge in [0.15, 0.2) is 11.7 Å². The zero-order valence-electron chi connectivity index (χ0n) is 10.8. The molecule has 3 nitrogen and oxygen atoms in total. The van der Waals surface area contributed by atoms with E-state index in [1.54, 1.807) is 11.8 Å². The number of aryl methyl sites for hydroxylation is 1. The second kappa shape index (κ2) is 6.61. The molecule has 0 amide bonds. The Bertz CT molecular complexity index is 479. The molecule has 0 saturated heterocycles. The summed E-state index contributed by atoms with van der Waals surface area (Å²) in [6.45, 7) is 0.986. The third-order valence-corrected chi connectivity index (χ3v) is 3.49. The van der Waals surface area contributed by atoms with E-state index in [1.165, 1.54) is 4.90 Å². The van der Waals surface area contributed by atoms with Gasteiger partial charge in [0.25, 0.3) is 0 Å². The molecule has 0 radical (unpaired) electrons. The van der Waals surface area contributed by atoms with Crippen LogP contribution in [0.5, 0.6) is 0 Å². The fraction of sp³-hybridized carbons (Fsp3) is 0.357. The Morgan fingerprint density at radius 1 is 1.28 bits per heavy atom. The third-order valence-electron chi connectivity index (χ3n) is 2.75. The first-order valence-corrected chi connectivity index (χ1v) is 7.29. The van der Waals surface area contributed by atoms with Crippen molar-refractivity contribution < 1.29 is 4.42 Å². The maximum Gasteiger partial charge on any atom is 0.194 e. The van der Waals surface area contributed by atoms with Crippen molar-refractivity contribution in [2.45, 2.75) is 17.7 Å². The summed E-state index contributed by atoms with van der Waals surface area (Å²) in [7, 11) is 1.95. The molecule has 0 unspecified atom stereocenters. The Balaban J connectivity index is 2.04. The summed E-state index contributed by atoms with van der Waals surface area (Å²) in [5.74, 6) is 1.66. The lowest BCUT2D eigenvalue weighted by atomic mass is 10.2. The second-order valence-electron chi connectivity index (χ2n) is 4.05. The summed E-state index contributed by atoms with van der Waals surface area (Å²) < 4.78 is 5.74. The summed E-state index contributed by atoms with van der Waals surface area (Å²) in [4.78, 5) is 5.56. The fourth-order valence-electron chi connectivity index (χ4n) is 1.73. The van der Waals surface area contributed by atoms with Crippen LogP contribution < -0.4 is 5.32 Å². The molecule has 1 N–H and O–H groups in total. The minimum absolute atomic E-state index is 0.814. The van der Waals surface area contributed by atoms with Crippen LogP contribution in [-0.4, -0.2) is 24.8 Å². The monoisotopic (exact) mass is 262 g/mol. The Kier molecular flexibility index (Phi) is 4.84. The van der Waals surface area contributed by atoms with E-state index >= 15 is 0 Å². The van der Waals surface area contributed by atoms with Gasteiger partial charge in [-0.25, -0.2) is 4.98 Å². The largest absolute Gasteiger partial charge is 0.441 e. The Labute approximate surface area is 112 Å². The van der Waals surface area contributed by atoms with Crippen molar-refractivity contribution in [1.82, 2.24) is 10.3 Å². The topological polar surface area (TPSA) is 38.1 Å². The number of oxazole rings is 1. The maximum atomic E-state index is 5.74. The molecule has 0 aliphatic rings. The van der Waals surface area contributed by atoms with Gasteiger partial charge in [-0.05, 0) is 38.4 Å². The average Bonchev–Trinajstić information content (AvgIpc) is 2.88. The smallest absolute Gasteiger partial charge is 0.194 e. The van der Waals surface area contributed by atoms with Gasteiger partial charge in [-0.15, -0.1) is 11.8 Å². The van der Waals surface area contributed by atoms with E-state index in [0.717, 1.165) is 36.6 Å². The number of rotatable bonds is 6. The van der Waals surface area contributed by atoms with Gasteiger partial charge >= 0.3 is 0 Å². The molecule has 0 fully saturated rings. The van der Waals surface area contributed by atoms with Crippen LogP contribution in [0.4, 0.5) is 0 Å². The first-order valence-electron chi connectivity index (χ1n) is 6.07. The van der Waals surface area contributed by atoms with Crippen molar-refractivity contribution in [2.24, 2.45) is 0 Å². The minimum atomic E-state index is 0.814. The first kappa shape index (κ1) is 13.2. The number of aromatic nitrogens is 1. The lowest BCUT2D eigenvalue weighted by Crippen LogP contribution is -2.08. The van der Waals surface area contributed by atoms with E-state index in [0.29, 0.717) is 0 Å². The van der Waals surface area contributed by atoms with Crippen LogP contribution in [-0.2, 0) is 6.42 Å². The van der Waals surface area contributed by atoms with Crippen molar-refractivity contribution in [3.63, 3.8) is 0 Å². The van der Waals surface area contributed by atoms with Crippen molar-refractivity contribution >= 4 is 11.8 Å². The summed E-state index contributed by atoms with van der Waals surface area (Å²) in [5, 5.41) is 3.12. The van der Waals surface area contributed by atoms with Crippen molar-refractivity contribution in [2.75, 3.05) is 19.8 Å². The highest BCUT2D eigenvalue weighted by atomic mass is 32.2. The number of thioether (sulfide) groups is 1. The van der Waals surface area contributed by atoms with E-state index in [2.05, 4.69) is 40.8 Å². The molecule has 2 rings (SSSR count). The highest BCUT2D eigenvalue weighted by molar-refractivity contribution is 7.98. The van der Waals surface area contributed by atoms with Gasteiger partial charge in [-0.3, -0.25) is 0 Å². The molecule has 18 heavy (non-hydrogen) atoms. The van der Waals surface area contributed by atoms with E-state index in [-0.39, 0.29) is 0 Å². The fourth-order valence-corrected chi connectivity index (χ4v) is 2.14. The molecule has 1 heterocycles. The molecule has 4 heteroatoms. The summed E-state index contributed by atoms with van der Waals surface area (Å²) in [6, 6.07) is 8.35. The van der Waals surface area contributed by atoms with Gasteiger partial charge in [-0.2, -0.15) is 0 Å². The average molecular weight is 262 g/mol. The van der Waals surface area contributed by atoms with Crippen LogP contribution in [0.1, 0.15) is 12.3 Å². The van der Waals surface area contributed by atoms with E-state index in [1.807, 2.05) is 13.2 Å². The molecule has 0 spiro atoms. The molecular weight excluding hydrogens is 244 g/mol. The molecule has 2 aromatic rings. The van der Waals surface area contributed by atoms with Gasteiger partial charge in [0.2, 0.25) is 0 Å². The van der Waals surface area contributed by atoms with Crippen LogP contribution in [0.25, 0.3) is 11.3 Å². The molecule has 0 bridgehead atoms. The molecule has 1 aromatic carbocycles. The highest BCUT2D eigenvalue weighted by Crippen LogP contribution is 2.23. The zero-order chi connectivity index (χ0) is 12.8. The standard InChI is InChI=1S/C14H18N2OS/c1-15-9-3-4-14-16-10-13(17-14)11-5-7-12(18-2)8-6-11/h5-8,10,15H,3-4,9H2,1-2H3. The SMILES string of the molecule is CNCCCc1ncc(-c2ccc(SC)cc2)o1. The van der Waals surface area contributed by atoms with Crippen LogP contribution in [0.15, 0.2) is 39.8 Å². The van der Waals surface area contributed by atoms with Gasteiger partial charge < -0.3 is 9.73 Å². The first-order chi connectivity index (χ1) is 8.83. The molecule has 0 saturated carbocycles. The molecule has 0 atom stereocenters.